The van der Waals surface area contributed by atoms with Gasteiger partial charge in [0, 0.05) is 4.47 Å². The molecule has 0 spiro atoms. The lowest BCUT2D eigenvalue weighted by Gasteiger charge is -2.31. The predicted molar refractivity (Wildman–Crippen MR) is 68.6 cm³/mol. The predicted octanol–water partition coefficient (Wildman–Crippen LogP) is 3.94. The third-order valence-electron chi connectivity index (χ3n) is 2.36. The van der Waals surface area contributed by atoms with E-state index in [9.17, 15) is 13.6 Å². The van der Waals surface area contributed by atoms with E-state index in [-0.39, 0.29) is 18.0 Å². The van der Waals surface area contributed by atoms with E-state index in [4.69, 9.17) is 11.6 Å². The van der Waals surface area contributed by atoms with E-state index in [0.717, 1.165) is 0 Å². The molecule has 0 saturated carbocycles. The van der Waals surface area contributed by atoms with Crippen molar-refractivity contribution >= 4 is 46.0 Å². The summed E-state index contributed by atoms with van der Waals surface area (Å²) in [6.07, 6.45) is -0.855. The summed E-state index contributed by atoms with van der Waals surface area (Å²) in [5.74, 6) is -3.15. The number of halogens is 5. The number of alkyl carbamates (subject to hydrolysis) is 1. The number of nitrogens with one attached hydrogen (secondary N) is 1. The molecule has 1 heterocycles. The first-order chi connectivity index (χ1) is 7.90. The van der Waals surface area contributed by atoms with Gasteiger partial charge in [-0.05, 0) is 33.6 Å². The van der Waals surface area contributed by atoms with Gasteiger partial charge in [-0.3, -0.25) is 0 Å². The fourth-order valence-electron chi connectivity index (χ4n) is 1.53. The summed E-state index contributed by atoms with van der Waals surface area (Å²) in [5.41, 5.74) is 0.267. The normalized spacial score (nSPS) is 21.6. The molecule has 1 N–H and O–H groups in total. The number of hydrogen-bond acceptors (Lipinski definition) is 2. The van der Waals surface area contributed by atoms with Gasteiger partial charge in [0.1, 0.15) is 6.04 Å². The van der Waals surface area contributed by atoms with Crippen molar-refractivity contribution in [2.24, 2.45) is 0 Å². The van der Waals surface area contributed by atoms with Crippen LogP contribution in [0.25, 0.3) is 0 Å². The molecule has 3 nitrogen and oxygen atoms in total. The first kappa shape index (κ1) is 15.5. The van der Waals surface area contributed by atoms with E-state index in [0.29, 0.717) is 9.50 Å². The smallest absolute Gasteiger partial charge is 0.408 e. The van der Waals surface area contributed by atoms with Crippen LogP contribution in [-0.4, -0.2) is 18.6 Å². The monoisotopic (exact) mass is 361 g/mol. The molecule has 8 heteroatoms. The first-order valence-corrected chi connectivity index (χ1v) is 5.83. The second kappa shape index (κ2) is 5.59. The molecule has 0 aromatic heterocycles. The average molecular weight is 363 g/mol. The highest BCUT2D eigenvalue weighted by atomic mass is 79.9. The fourth-order valence-corrected chi connectivity index (χ4v) is 2.04. The number of benzene rings is 1. The summed E-state index contributed by atoms with van der Waals surface area (Å²) in [5, 5.41) is 2.51. The maximum absolute atomic E-state index is 13.6. The van der Waals surface area contributed by atoms with Gasteiger partial charge in [0.05, 0.1) is 5.02 Å². The van der Waals surface area contributed by atoms with Gasteiger partial charge in [0.15, 0.2) is 6.61 Å². The Labute approximate surface area is 121 Å². The van der Waals surface area contributed by atoms with Gasteiger partial charge < -0.3 is 10.1 Å². The molecule has 100 valence electrons. The van der Waals surface area contributed by atoms with E-state index in [1.807, 2.05) is 0 Å². The molecule has 1 aliphatic rings. The van der Waals surface area contributed by atoms with Crippen LogP contribution < -0.4 is 5.32 Å². The van der Waals surface area contributed by atoms with Crippen LogP contribution in [-0.2, 0) is 4.74 Å². The highest BCUT2D eigenvalue weighted by Gasteiger charge is 2.46. The second-order valence-corrected chi connectivity index (χ2v) is 4.85. The molecule has 1 fully saturated rings. The van der Waals surface area contributed by atoms with Crippen LogP contribution in [0.1, 0.15) is 11.6 Å². The Kier molecular flexibility index (Phi) is 4.80. The number of alkyl halides is 2. The topological polar surface area (TPSA) is 38.3 Å². The Hall–Kier alpha value is -0.590. The van der Waals surface area contributed by atoms with Gasteiger partial charge >= 0.3 is 12.0 Å². The third-order valence-corrected chi connectivity index (χ3v) is 3.57. The van der Waals surface area contributed by atoms with Crippen molar-refractivity contribution in [3.63, 3.8) is 0 Å². The van der Waals surface area contributed by atoms with Gasteiger partial charge in [-0.1, -0.05) is 17.7 Å². The summed E-state index contributed by atoms with van der Waals surface area (Å²) in [6, 6.07) is 2.97. The van der Waals surface area contributed by atoms with E-state index in [2.05, 4.69) is 26.0 Å². The van der Waals surface area contributed by atoms with Crippen LogP contribution in [0.5, 0.6) is 0 Å². The lowest BCUT2D eigenvalue weighted by Crippen LogP contribution is -2.49. The number of carbonyl (C=O) groups excluding carboxylic acids is 1. The van der Waals surface area contributed by atoms with Gasteiger partial charge in [0.25, 0.3) is 0 Å². The molecule has 0 unspecified atom stereocenters. The van der Waals surface area contributed by atoms with E-state index < -0.39 is 24.7 Å². The minimum Gasteiger partial charge on any atom is -0.443 e. The molecular weight excluding hydrogens is 355 g/mol. The summed E-state index contributed by atoms with van der Waals surface area (Å²) in [7, 11) is 0. The number of ether oxygens (including phenoxy) is 1. The highest BCUT2D eigenvalue weighted by molar-refractivity contribution is 9.10. The minimum absolute atomic E-state index is 0. The van der Waals surface area contributed by atoms with Crippen LogP contribution >= 0.6 is 39.9 Å². The summed E-state index contributed by atoms with van der Waals surface area (Å²) in [6.45, 7) is -0.927. The van der Waals surface area contributed by atoms with Crippen molar-refractivity contribution < 1.29 is 18.3 Å². The van der Waals surface area contributed by atoms with Crippen LogP contribution in [0.2, 0.25) is 5.02 Å². The van der Waals surface area contributed by atoms with Crippen molar-refractivity contribution in [2.45, 2.75) is 12.0 Å². The maximum Gasteiger partial charge on any atom is 0.408 e. The molecule has 1 amide bonds. The summed E-state index contributed by atoms with van der Waals surface area (Å²) < 4.78 is 31.9. The number of amides is 1. The zero-order valence-corrected chi connectivity index (χ0v) is 11.9. The van der Waals surface area contributed by atoms with Gasteiger partial charge in [-0.15, -0.1) is 12.4 Å². The standard InChI is InChI=1S/C10H7BrClF2NO2.ClH/c11-6-3-5(1-2-7(6)12)8-10(13,14)4-17-9(16)15-8;/h1-3,8H,4H2,(H,15,16);1H/t8-;/m0./s1. The number of rotatable bonds is 1. The summed E-state index contributed by atoms with van der Waals surface area (Å²) >= 11 is 8.92. The molecule has 1 aromatic carbocycles. The number of carbonyl (C=O) groups is 1. The van der Waals surface area contributed by atoms with Crippen LogP contribution in [0, 0.1) is 0 Å². The van der Waals surface area contributed by atoms with Crippen LogP contribution in [0.4, 0.5) is 13.6 Å². The van der Waals surface area contributed by atoms with Gasteiger partial charge in [-0.25, -0.2) is 13.6 Å². The lowest BCUT2D eigenvalue weighted by atomic mass is 10.0. The van der Waals surface area contributed by atoms with Crippen LogP contribution in [0.3, 0.4) is 0 Å². The Bertz CT molecular complexity index is 473. The van der Waals surface area contributed by atoms with Crippen molar-refractivity contribution in [3.8, 4) is 0 Å². The highest BCUT2D eigenvalue weighted by Crippen LogP contribution is 2.36. The lowest BCUT2D eigenvalue weighted by molar-refractivity contribution is -0.104. The molecule has 0 radical (unpaired) electrons. The zero-order chi connectivity index (χ0) is 12.6. The Balaban J connectivity index is 0.00000162. The molecule has 1 aliphatic heterocycles. The Morgan fingerprint density at radius 1 is 1.50 bits per heavy atom. The van der Waals surface area contributed by atoms with E-state index in [1.165, 1.54) is 18.2 Å². The van der Waals surface area contributed by atoms with Crippen LogP contribution in [0.15, 0.2) is 22.7 Å². The SMILES string of the molecule is Cl.O=C1N[C@@H](c2ccc(Cl)c(Br)c2)C(F)(F)CO1. The second-order valence-electron chi connectivity index (χ2n) is 3.59. The molecule has 18 heavy (non-hydrogen) atoms. The van der Waals surface area contributed by atoms with Crippen molar-refractivity contribution in [1.29, 1.82) is 0 Å². The molecule has 1 aromatic rings. The third kappa shape index (κ3) is 3.05. The maximum atomic E-state index is 13.6. The molecule has 1 saturated heterocycles. The van der Waals surface area contributed by atoms with Crippen molar-refractivity contribution in [1.82, 2.24) is 5.32 Å². The number of cyclic esters (lactones) is 1. The molecular formula is C10H8BrCl2F2NO2. The van der Waals surface area contributed by atoms with Gasteiger partial charge in [0.2, 0.25) is 0 Å². The number of hydrogen-bond donors (Lipinski definition) is 1. The quantitative estimate of drug-likeness (QED) is 0.821. The average Bonchev–Trinajstić information content (AvgIpc) is 2.26. The largest absolute Gasteiger partial charge is 0.443 e. The molecule has 2 rings (SSSR count). The van der Waals surface area contributed by atoms with Gasteiger partial charge in [-0.2, -0.15) is 0 Å². The zero-order valence-electron chi connectivity index (χ0n) is 8.75. The van der Waals surface area contributed by atoms with E-state index in [1.54, 1.807) is 0 Å². The van der Waals surface area contributed by atoms with Crippen molar-refractivity contribution in [2.75, 3.05) is 6.61 Å². The Morgan fingerprint density at radius 2 is 2.17 bits per heavy atom. The fraction of sp³-hybridized carbons (Fsp3) is 0.300. The minimum atomic E-state index is -3.15. The van der Waals surface area contributed by atoms with Crippen molar-refractivity contribution in [3.05, 3.63) is 33.3 Å². The first-order valence-electron chi connectivity index (χ1n) is 4.66. The Morgan fingerprint density at radius 3 is 2.78 bits per heavy atom. The van der Waals surface area contributed by atoms with E-state index >= 15 is 0 Å². The molecule has 0 bridgehead atoms. The molecule has 0 aliphatic carbocycles. The molecule has 1 atom stereocenters. The summed E-state index contributed by atoms with van der Waals surface area (Å²) in [4.78, 5) is 11.0.